The van der Waals surface area contributed by atoms with Crippen molar-refractivity contribution >= 4 is 11.6 Å². The van der Waals surface area contributed by atoms with Crippen LogP contribution in [0.5, 0.6) is 0 Å². The Morgan fingerprint density at radius 3 is 1.32 bits per heavy atom. The van der Waals surface area contributed by atoms with E-state index in [2.05, 4.69) is 5.32 Å². The van der Waals surface area contributed by atoms with E-state index in [-0.39, 0.29) is 7.43 Å². The van der Waals surface area contributed by atoms with Gasteiger partial charge in [-0.05, 0) is 35.4 Å². The molecule has 31 heavy (non-hydrogen) atoms. The molecule has 0 saturated carbocycles. The summed E-state index contributed by atoms with van der Waals surface area (Å²) in [6.45, 7) is 1.26. The zero-order valence-electron chi connectivity index (χ0n) is 15.5. The number of nitrogens with one attached hydrogen (secondary N) is 1. The molecular weight excluding hydrogens is 420 g/mol. The quantitative estimate of drug-likeness (QED) is 0.417. The van der Waals surface area contributed by atoms with Crippen molar-refractivity contribution in [3.05, 3.63) is 77.9 Å². The Balaban J connectivity index is 0.00000341. The lowest BCUT2D eigenvalue weighted by Gasteiger charge is -2.17. The van der Waals surface area contributed by atoms with Crippen molar-refractivity contribution in [1.29, 1.82) is 0 Å². The van der Waals surface area contributed by atoms with Gasteiger partial charge in [0, 0.05) is 18.1 Å². The molecule has 0 aliphatic rings. The molecule has 1 N–H and O–H groups in total. The van der Waals surface area contributed by atoms with Crippen molar-refractivity contribution in [2.24, 2.45) is 0 Å². The Labute approximate surface area is 175 Å². The molecule has 0 radical (unpaired) electrons. The molecule has 0 atom stereocenters. The summed E-state index contributed by atoms with van der Waals surface area (Å²) in [6.07, 6.45) is -8.97. The first-order valence-electron chi connectivity index (χ1n) is 8.72. The van der Waals surface area contributed by atoms with Crippen LogP contribution in [0, 0.1) is 0 Å². The van der Waals surface area contributed by atoms with Gasteiger partial charge in [-0.1, -0.05) is 49.9 Å². The summed E-state index contributed by atoms with van der Waals surface area (Å²) in [5, 5.41) is 2.65. The van der Waals surface area contributed by atoms with E-state index in [1.54, 1.807) is 18.2 Å². The van der Waals surface area contributed by atoms with E-state index in [1.807, 2.05) is 0 Å². The van der Waals surface area contributed by atoms with E-state index in [0.29, 0.717) is 27.9 Å². The van der Waals surface area contributed by atoms with Gasteiger partial charge in [-0.15, -0.1) is 0 Å². The monoisotopic (exact) mass is 439 g/mol. The van der Waals surface area contributed by atoms with E-state index in [4.69, 9.17) is 0 Å². The van der Waals surface area contributed by atoms with Crippen molar-refractivity contribution in [2.45, 2.75) is 26.7 Å². The minimum Gasteiger partial charge on any atom is -0.325 e. The van der Waals surface area contributed by atoms with Crippen molar-refractivity contribution in [3.8, 4) is 22.3 Å². The summed E-state index contributed by atoms with van der Waals surface area (Å²) in [4.78, 5) is 11.7. The zero-order valence-corrected chi connectivity index (χ0v) is 15.5. The molecule has 3 aromatic rings. The van der Waals surface area contributed by atoms with Gasteiger partial charge in [0.05, 0.1) is 16.8 Å². The lowest BCUT2D eigenvalue weighted by Crippen LogP contribution is -2.09. The molecule has 0 spiro atoms. The highest BCUT2D eigenvalue weighted by molar-refractivity contribution is 6.00. The standard InChI is InChI=1S/C22H15F6NO.CH4/c1-13(30)29-20-18(14-5-9-16(10-6-14)21(23,24)25)3-2-4-19(20)15-7-11-17(12-8-15)22(26,27)28;/h2-12H,1H3,(H,29,30);1H4. The van der Waals surface area contributed by atoms with Gasteiger partial charge in [-0.2, -0.15) is 26.3 Å². The second-order valence-corrected chi connectivity index (χ2v) is 6.56. The van der Waals surface area contributed by atoms with E-state index < -0.39 is 29.4 Å². The van der Waals surface area contributed by atoms with Crippen LogP contribution in [-0.2, 0) is 17.1 Å². The molecule has 0 unspecified atom stereocenters. The number of carbonyl (C=O) groups is 1. The predicted molar refractivity (Wildman–Crippen MR) is 108 cm³/mol. The lowest BCUT2D eigenvalue weighted by atomic mass is 9.94. The lowest BCUT2D eigenvalue weighted by molar-refractivity contribution is -0.138. The smallest absolute Gasteiger partial charge is 0.325 e. The number of anilines is 1. The molecule has 0 aliphatic heterocycles. The van der Waals surface area contributed by atoms with Gasteiger partial charge in [0.2, 0.25) is 5.91 Å². The molecule has 3 rings (SSSR count). The Bertz CT molecular complexity index is 976. The highest BCUT2D eigenvalue weighted by Gasteiger charge is 2.31. The van der Waals surface area contributed by atoms with E-state index >= 15 is 0 Å². The molecule has 0 heterocycles. The summed E-state index contributed by atoms with van der Waals surface area (Å²) in [7, 11) is 0. The normalized spacial score (nSPS) is 11.6. The topological polar surface area (TPSA) is 29.1 Å². The van der Waals surface area contributed by atoms with Crippen LogP contribution in [0.3, 0.4) is 0 Å². The van der Waals surface area contributed by atoms with E-state index in [1.165, 1.54) is 31.2 Å². The fraction of sp³-hybridized carbons (Fsp3) is 0.174. The van der Waals surface area contributed by atoms with Crippen molar-refractivity contribution < 1.29 is 31.1 Å². The van der Waals surface area contributed by atoms with Crippen LogP contribution < -0.4 is 5.32 Å². The van der Waals surface area contributed by atoms with Crippen LogP contribution in [0.25, 0.3) is 22.3 Å². The third-order valence-electron chi connectivity index (χ3n) is 4.41. The fourth-order valence-electron chi connectivity index (χ4n) is 3.02. The molecule has 164 valence electrons. The van der Waals surface area contributed by atoms with Crippen molar-refractivity contribution in [1.82, 2.24) is 0 Å². The Kier molecular flexibility index (Phi) is 6.83. The number of amides is 1. The van der Waals surface area contributed by atoms with Crippen molar-refractivity contribution in [2.75, 3.05) is 5.32 Å². The minimum atomic E-state index is -4.49. The molecule has 0 saturated heterocycles. The molecule has 0 aromatic heterocycles. The fourth-order valence-corrected chi connectivity index (χ4v) is 3.02. The SMILES string of the molecule is C.CC(=O)Nc1c(-c2ccc(C(F)(F)F)cc2)cccc1-c1ccc(C(F)(F)F)cc1. The van der Waals surface area contributed by atoms with E-state index in [9.17, 15) is 31.1 Å². The number of benzene rings is 3. The van der Waals surface area contributed by atoms with Crippen LogP contribution in [-0.4, -0.2) is 5.91 Å². The third kappa shape index (κ3) is 5.45. The first kappa shape index (κ1) is 24.0. The molecular formula is C23H19F6NO. The van der Waals surface area contributed by atoms with Gasteiger partial charge < -0.3 is 5.32 Å². The van der Waals surface area contributed by atoms with Gasteiger partial charge in [0.25, 0.3) is 0 Å². The summed E-state index contributed by atoms with van der Waals surface area (Å²) in [5.74, 6) is -0.428. The second kappa shape index (κ2) is 8.83. The number of halogens is 6. The Morgan fingerprint density at radius 2 is 1.03 bits per heavy atom. The molecule has 0 bridgehead atoms. The van der Waals surface area contributed by atoms with Crippen LogP contribution in [0.4, 0.5) is 32.0 Å². The average Bonchev–Trinajstić information content (AvgIpc) is 2.67. The summed E-state index contributed by atoms with van der Waals surface area (Å²) in [5.41, 5.74) is 0.385. The number of rotatable bonds is 3. The number of hydrogen-bond acceptors (Lipinski definition) is 1. The van der Waals surface area contributed by atoms with Crippen molar-refractivity contribution in [3.63, 3.8) is 0 Å². The highest BCUT2D eigenvalue weighted by atomic mass is 19.4. The number of carbonyl (C=O) groups excluding carboxylic acids is 1. The third-order valence-corrected chi connectivity index (χ3v) is 4.41. The van der Waals surface area contributed by atoms with Gasteiger partial charge in [-0.25, -0.2) is 0 Å². The maximum absolute atomic E-state index is 12.8. The van der Waals surface area contributed by atoms with E-state index in [0.717, 1.165) is 24.3 Å². The van der Waals surface area contributed by atoms with Crippen LogP contribution in [0.15, 0.2) is 66.7 Å². The largest absolute Gasteiger partial charge is 0.416 e. The first-order chi connectivity index (χ1) is 14.0. The second-order valence-electron chi connectivity index (χ2n) is 6.56. The Hall–Kier alpha value is -3.29. The Morgan fingerprint density at radius 1 is 0.677 bits per heavy atom. The van der Waals surface area contributed by atoms with Gasteiger partial charge >= 0.3 is 12.4 Å². The van der Waals surface area contributed by atoms with Crippen LogP contribution >= 0.6 is 0 Å². The minimum absolute atomic E-state index is 0. The predicted octanol–water partition coefficient (Wildman–Crippen LogP) is 7.65. The van der Waals surface area contributed by atoms with Gasteiger partial charge in [0.15, 0.2) is 0 Å². The molecule has 8 heteroatoms. The maximum Gasteiger partial charge on any atom is 0.416 e. The number of para-hydroxylation sites is 1. The number of hydrogen-bond donors (Lipinski definition) is 1. The molecule has 2 nitrogen and oxygen atoms in total. The molecule has 3 aromatic carbocycles. The summed E-state index contributed by atoms with van der Waals surface area (Å²) in [6, 6.07) is 13.7. The van der Waals surface area contributed by atoms with Crippen LogP contribution in [0.2, 0.25) is 0 Å². The maximum atomic E-state index is 12.8. The molecule has 0 fully saturated rings. The van der Waals surface area contributed by atoms with Gasteiger partial charge in [0.1, 0.15) is 0 Å². The average molecular weight is 439 g/mol. The number of alkyl halides is 6. The summed E-state index contributed by atoms with van der Waals surface area (Å²) >= 11 is 0. The molecule has 0 aliphatic carbocycles. The van der Waals surface area contributed by atoms with Crippen LogP contribution in [0.1, 0.15) is 25.5 Å². The first-order valence-corrected chi connectivity index (χ1v) is 8.72. The molecule has 1 amide bonds. The van der Waals surface area contributed by atoms with Gasteiger partial charge in [-0.3, -0.25) is 4.79 Å². The summed E-state index contributed by atoms with van der Waals surface area (Å²) < 4.78 is 77.0. The zero-order chi connectivity index (χ0) is 22.1. The highest BCUT2D eigenvalue weighted by Crippen LogP contribution is 2.39.